The Morgan fingerprint density at radius 2 is 2.12 bits per heavy atom. The Hall–Kier alpha value is -2.01. The smallest absolute Gasteiger partial charge is 0.220 e. The van der Waals surface area contributed by atoms with Crippen molar-refractivity contribution in [2.75, 3.05) is 0 Å². The Labute approximate surface area is 101 Å². The summed E-state index contributed by atoms with van der Waals surface area (Å²) in [5.74, 6) is 0.182. The van der Waals surface area contributed by atoms with Crippen LogP contribution in [-0.2, 0) is 0 Å². The van der Waals surface area contributed by atoms with E-state index in [-0.39, 0.29) is 16.4 Å². The maximum absolute atomic E-state index is 13.7. The molecule has 0 aliphatic carbocycles. The van der Waals surface area contributed by atoms with Crippen LogP contribution in [0.15, 0.2) is 36.7 Å². The Morgan fingerprint density at radius 1 is 1.24 bits per heavy atom. The van der Waals surface area contributed by atoms with E-state index in [1.165, 1.54) is 16.6 Å². The summed E-state index contributed by atoms with van der Waals surface area (Å²) in [4.78, 5) is 8.13. The van der Waals surface area contributed by atoms with Gasteiger partial charge in [-0.3, -0.25) is 0 Å². The Bertz CT molecular complexity index is 642. The molecule has 0 saturated carbocycles. The average molecular weight is 249 g/mol. The fourth-order valence-corrected chi connectivity index (χ4v) is 1.80. The van der Waals surface area contributed by atoms with Crippen LogP contribution < -0.4 is 0 Å². The van der Waals surface area contributed by atoms with Crippen LogP contribution in [-0.4, -0.2) is 19.6 Å². The summed E-state index contributed by atoms with van der Waals surface area (Å²) in [7, 11) is 0. The second kappa shape index (κ2) is 3.78. The first-order valence-electron chi connectivity index (χ1n) is 4.87. The average Bonchev–Trinajstić information content (AvgIpc) is 2.71. The lowest BCUT2D eigenvalue weighted by molar-refractivity contribution is 0.630. The van der Waals surface area contributed by atoms with Crippen LogP contribution >= 0.6 is 11.6 Å². The Balaban J connectivity index is 2.27. The molecule has 0 aliphatic rings. The Kier molecular flexibility index (Phi) is 2.26. The van der Waals surface area contributed by atoms with Gasteiger partial charge >= 0.3 is 0 Å². The maximum atomic E-state index is 13.7. The second-order valence-electron chi connectivity index (χ2n) is 3.40. The van der Waals surface area contributed by atoms with Gasteiger partial charge in [0.2, 0.25) is 0 Å². The minimum Gasteiger partial charge on any atom is -0.220 e. The van der Waals surface area contributed by atoms with Gasteiger partial charge in [0.25, 0.3) is 5.78 Å². The van der Waals surface area contributed by atoms with Crippen molar-refractivity contribution < 1.29 is 4.39 Å². The second-order valence-corrected chi connectivity index (χ2v) is 3.80. The quantitative estimate of drug-likeness (QED) is 0.665. The predicted octanol–water partition coefficient (Wildman–Crippen LogP) is 2.58. The molecule has 0 fully saturated rings. The highest BCUT2D eigenvalue weighted by Crippen LogP contribution is 2.27. The molecule has 6 heteroatoms. The van der Waals surface area contributed by atoms with Gasteiger partial charge in [-0.15, -0.1) is 5.10 Å². The summed E-state index contributed by atoms with van der Waals surface area (Å²) < 4.78 is 15.1. The first-order chi connectivity index (χ1) is 8.25. The van der Waals surface area contributed by atoms with Gasteiger partial charge in [-0.05, 0) is 18.2 Å². The van der Waals surface area contributed by atoms with Crippen molar-refractivity contribution >= 4 is 17.4 Å². The molecule has 0 bridgehead atoms. The van der Waals surface area contributed by atoms with Gasteiger partial charge in [0.05, 0.1) is 10.6 Å². The number of hydrogen-bond donors (Lipinski definition) is 0. The summed E-state index contributed by atoms with van der Waals surface area (Å²) in [5, 5.41) is 4.40. The first-order valence-corrected chi connectivity index (χ1v) is 5.25. The molecule has 84 valence electrons. The standard InChI is InChI=1S/C11H6ClFN4/c12-7-3-1-4-8(13)9(7)10-15-11-14-5-2-6-17(11)16-10/h1-6H. The molecule has 0 radical (unpaired) electrons. The minimum atomic E-state index is -0.451. The van der Waals surface area contributed by atoms with Crippen molar-refractivity contribution in [3.05, 3.63) is 47.5 Å². The number of halogens is 2. The van der Waals surface area contributed by atoms with E-state index in [1.807, 2.05) is 0 Å². The molecule has 0 atom stereocenters. The zero-order valence-corrected chi connectivity index (χ0v) is 9.26. The molecule has 4 nitrogen and oxygen atoms in total. The van der Waals surface area contributed by atoms with Crippen molar-refractivity contribution in [1.29, 1.82) is 0 Å². The number of hydrogen-bond acceptors (Lipinski definition) is 3. The van der Waals surface area contributed by atoms with Crippen LogP contribution in [0, 0.1) is 5.82 Å². The molecule has 3 rings (SSSR count). The maximum Gasteiger partial charge on any atom is 0.252 e. The third-order valence-corrected chi connectivity index (χ3v) is 2.62. The van der Waals surface area contributed by atoms with E-state index in [4.69, 9.17) is 11.6 Å². The molecule has 0 aliphatic heterocycles. The highest BCUT2D eigenvalue weighted by Gasteiger charge is 2.14. The van der Waals surface area contributed by atoms with Crippen LogP contribution in [0.25, 0.3) is 17.2 Å². The molecular formula is C11H6ClFN4. The highest BCUT2D eigenvalue weighted by molar-refractivity contribution is 6.33. The van der Waals surface area contributed by atoms with Crippen molar-refractivity contribution in [1.82, 2.24) is 19.6 Å². The topological polar surface area (TPSA) is 43.1 Å². The molecule has 2 heterocycles. The van der Waals surface area contributed by atoms with E-state index < -0.39 is 5.82 Å². The van der Waals surface area contributed by atoms with Crippen molar-refractivity contribution in [3.8, 4) is 11.4 Å². The van der Waals surface area contributed by atoms with Crippen LogP contribution in [0.3, 0.4) is 0 Å². The van der Waals surface area contributed by atoms with Gasteiger partial charge in [-0.1, -0.05) is 17.7 Å². The zero-order valence-electron chi connectivity index (χ0n) is 8.51. The van der Waals surface area contributed by atoms with Gasteiger partial charge in [0.15, 0.2) is 5.82 Å². The lowest BCUT2D eigenvalue weighted by Gasteiger charge is -1.99. The van der Waals surface area contributed by atoms with E-state index in [2.05, 4.69) is 15.1 Å². The van der Waals surface area contributed by atoms with E-state index in [1.54, 1.807) is 24.5 Å². The van der Waals surface area contributed by atoms with Gasteiger partial charge in [0, 0.05) is 12.4 Å². The fourth-order valence-electron chi connectivity index (χ4n) is 1.55. The number of aromatic nitrogens is 4. The molecule has 0 unspecified atom stereocenters. The van der Waals surface area contributed by atoms with E-state index in [0.29, 0.717) is 5.78 Å². The third kappa shape index (κ3) is 1.64. The van der Waals surface area contributed by atoms with Crippen molar-refractivity contribution in [3.63, 3.8) is 0 Å². The summed E-state index contributed by atoms with van der Waals surface area (Å²) in [6, 6.07) is 6.17. The number of benzene rings is 1. The monoisotopic (exact) mass is 248 g/mol. The van der Waals surface area contributed by atoms with Crippen molar-refractivity contribution in [2.45, 2.75) is 0 Å². The molecule has 0 N–H and O–H groups in total. The van der Waals surface area contributed by atoms with Crippen molar-refractivity contribution in [2.24, 2.45) is 0 Å². The first kappa shape index (κ1) is 10.2. The molecule has 17 heavy (non-hydrogen) atoms. The summed E-state index contributed by atoms with van der Waals surface area (Å²) in [6.07, 6.45) is 3.28. The van der Waals surface area contributed by atoms with Gasteiger partial charge in [-0.25, -0.2) is 13.9 Å². The largest absolute Gasteiger partial charge is 0.252 e. The number of fused-ring (bicyclic) bond motifs is 1. The van der Waals surface area contributed by atoms with Gasteiger partial charge in [0.1, 0.15) is 5.82 Å². The molecule has 0 amide bonds. The van der Waals surface area contributed by atoms with Crippen LogP contribution in [0.2, 0.25) is 5.02 Å². The van der Waals surface area contributed by atoms with Gasteiger partial charge < -0.3 is 0 Å². The summed E-state index contributed by atoms with van der Waals surface area (Å²) in [6.45, 7) is 0. The third-order valence-electron chi connectivity index (χ3n) is 2.30. The van der Waals surface area contributed by atoms with E-state index in [0.717, 1.165) is 0 Å². The lowest BCUT2D eigenvalue weighted by Crippen LogP contribution is -1.89. The van der Waals surface area contributed by atoms with Crippen LogP contribution in [0.1, 0.15) is 0 Å². The number of rotatable bonds is 1. The predicted molar refractivity (Wildman–Crippen MR) is 61.2 cm³/mol. The molecule has 0 spiro atoms. The lowest BCUT2D eigenvalue weighted by atomic mass is 10.2. The number of nitrogens with zero attached hydrogens (tertiary/aromatic N) is 4. The Morgan fingerprint density at radius 3 is 2.88 bits per heavy atom. The molecule has 1 aromatic carbocycles. The van der Waals surface area contributed by atoms with Gasteiger partial charge in [-0.2, -0.15) is 4.98 Å². The molecule has 2 aromatic heterocycles. The summed E-state index contributed by atoms with van der Waals surface area (Å²) in [5.41, 5.74) is 0.194. The molecule has 0 saturated heterocycles. The van der Waals surface area contributed by atoms with Crippen LogP contribution in [0.4, 0.5) is 4.39 Å². The highest BCUT2D eigenvalue weighted by atomic mass is 35.5. The van der Waals surface area contributed by atoms with E-state index in [9.17, 15) is 4.39 Å². The minimum absolute atomic E-state index is 0.194. The normalized spacial score (nSPS) is 10.9. The fraction of sp³-hybridized carbons (Fsp3) is 0. The van der Waals surface area contributed by atoms with Crippen LogP contribution in [0.5, 0.6) is 0 Å². The summed E-state index contributed by atoms with van der Waals surface area (Å²) >= 11 is 5.94. The van der Waals surface area contributed by atoms with E-state index >= 15 is 0 Å². The molecule has 3 aromatic rings. The zero-order chi connectivity index (χ0) is 11.8. The SMILES string of the molecule is Fc1cccc(Cl)c1-c1nc2ncccn2n1. The molecular weight excluding hydrogens is 243 g/mol.